The number of nitriles is 1. The van der Waals surface area contributed by atoms with Crippen molar-refractivity contribution in [1.29, 1.82) is 5.26 Å². The molecular weight excluding hydrogens is 428 g/mol. The molecule has 0 fully saturated rings. The SMILES string of the molecule is C=C(C(N)=O)c1ccc(-c2ccc(-c3nc(-c4cnn(C)c4)cn4ncc(C#N)c34)cc2)cn1. The topological polar surface area (TPSA) is 128 Å². The summed E-state index contributed by atoms with van der Waals surface area (Å²) >= 11 is 0. The zero-order chi connectivity index (χ0) is 23.8. The summed E-state index contributed by atoms with van der Waals surface area (Å²) in [6.45, 7) is 3.66. The van der Waals surface area contributed by atoms with Gasteiger partial charge in [0.25, 0.3) is 0 Å². The Labute approximate surface area is 194 Å². The minimum atomic E-state index is -0.603. The van der Waals surface area contributed by atoms with Crippen LogP contribution in [0.25, 0.3) is 44.7 Å². The third-order valence-corrected chi connectivity index (χ3v) is 5.48. The minimum Gasteiger partial charge on any atom is -0.366 e. The van der Waals surface area contributed by atoms with Gasteiger partial charge < -0.3 is 5.73 Å². The van der Waals surface area contributed by atoms with Crippen LogP contribution in [0.5, 0.6) is 0 Å². The highest BCUT2D eigenvalue weighted by Gasteiger charge is 2.16. The smallest absolute Gasteiger partial charge is 0.250 e. The highest BCUT2D eigenvalue weighted by molar-refractivity contribution is 6.17. The number of aryl methyl sites for hydroxylation is 1. The highest BCUT2D eigenvalue weighted by Crippen LogP contribution is 2.30. The molecule has 0 aliphatic heterocycles. The van der Waals surface area contributed by atoms with Gasteiger partial charge in [-0.3, -0.25) is 14.5 Å². The molecule has 0 atom stereocenters. The quantitative estimate of drug-likeness (QED) is 0.413. The fourth-order valence-electron chi connectivity index (χ4n) is 3.68. The van der Waals surface area contributed by atoms with Crippen molar-refractivity contribution in [2.24, 2.45) is 12.8 Å². The normalized spacial score (nSPS) is 10.8. The van der Waals surface area contributed by atoms with E-state index in [9.17, 15) is 10.1 Å². The van der Waals surface area contributed by atoms with Crippen molar-refractivity contribution in [1.82, 2.24) is 29.4 Å². The van der Waals surface area contributed by atoms with Crippen molar-refractivity contribution in [3.63, 3.8) is 0 Å². The minimum absolute atomic E-state index is 0.166. The van der Waals surface area contributed by atoms with Gasteiger partial charge in [-0.1, -0.05) is 36.9 Å². The van der Waals surface area contributed by atoms with Crippen LogP contribution in [0.4, 0.5) is 0 Å². The summed E-state index contributed by atoms with van der Waals surface area (Å²) in [5.74, 6) is -0.603. The predicted molar refractivity (Wildman–Crippen MR) is 127 cm³/mol. The van der Waals surface area contributed by atoms with Crippen molar-refractivity contribution >= 4 is 17.0 Å². The number of hydrogen-bond donors (Lipinski definition) is 1. The average Bonchev–Trinajstić information content (AvgIpc) is 3.49. The largest absolute Gasteiger partial charge is 0.366 e. The van der Waals surface area contributed by atoms with Gasteiger partial charge in [0.1, 0.15) is 17.1 Å². The van der Waals surface area contributed by atoms with Gasteiger partial charge in [-0.2, -0.15) is 15.5 Å². The molecule has 0 unspecified atom stereocenters. The third-order valence-electron chi connectivity index (χ3n) is 5.48. The van der Waals surface area contributed by atoms with E-state index in [1.54, 1.807) is 33.9 Å². The Balaban J connectivity index is 1.56. The van der Waals surface area contributed by atoms with Crippen LogP contribution in [0.15, 0.2) is 74.0 Å². The maximum Gasteiger partial charge on any atom is 0.250 e. The maximum atomic E-state index is 11.3. The summed E-state index contributed by atoms with van der Waals surface area (Å²) < 4.78 is 3.38. The molecule has 0 aliphatic carbocycles. The fourth-order valence-corrected chi connectivity index (χ4v) is 3.68. The van der Waals surface area contributed by atoms with E-state index in [-0.39, 0.29) is 5.57 Å². The van der Waals surface area contributed by atoms with Crippen LogP contribution in [-0.2, 0) is 11.8 Å². The summed E-state index contributed by atoms with van der Waals surface area (Å²) in [6.07, 6.45) is 8.61. The van der Waals surface area contributed by atoms with E-state index >= 15 is 0 Å². The number of hydrogen-bond acceptors (Lipinski definition) is 6. The van der Waals surface area contributed by atoms with Gasteiger partial charge in [0.05, 0.1) is 41.2 Å². The fraction of sp³-hybridized carbons (Fsp3) is 0.0400. The Morgan fingerprint density at radius 3 is 2.32 bits per heavy atom. The van der Waals surface area contributed by atoms with Gasteiger partial charge in [0, 0.05) is 36.1 Å². The lowest BCUT2D eigenvalue weighted by molar-refractivity contribution is -0.112. The molecule has 0 spiro atoms. The molecule has 2 N–H and O–H groups in total. The number of aromatic nitrogens is 6. The third kappa shape index (κ3) is 3.59. The lowest BCUT2D eigenvalue weighted by atomic mass is 10.0. The second-order valence-corrected chi connectivity index (χ2v) is 7.69. The zero-order valence-electron chi connectivity index (χ0n) is 18.2. The molecule has 4 aromatic heterocycles. The molecule has 4 heterocycles. The first-order valence-electron chi connectivity index (χ1n) is 10.3. The van der Waals surface area contributed by atoms with Crippen LogP contribution in [0, 0.1) is 11.3 Å². The van der Waals surface area contributed by atoms with Crippen molar-refractivity contribution in [2.75, 3.05) is 0 Å². The number of fused-ring (bicyclic) bond motifs is 1. The second kappa shape index (κ2) is 8.11. The van der Waals surface area contributed by atoms with E-state index in [1.807, 2.05) is 43.6 Å². The molecule has 164 valence electrons. The molecule has 1 amide bonds. The van der Waals surface area contributed by atoms with Gasteiger partial charge >= 0.3 is 0 Å². The Morgan fingerprint density at radius 2 is 1.71 bits per heavy atom. The first-order chi connectivity index (χ1) is 16.4. The number of carbonyl (C=O) groups is 1. The molecule has 0 radical (unpaired) electrons. The summed E-state index contributed by atoms with van der Waals surface area (Å²) in [5.41, 5.74) is 11.8. The highest BCUT2D eigenvalue weighted by atomic mass is 16.1. The Hall–Kier alpha value is -5.10. The van der Waals surface area contributed by atoms with E-state index in [0.717, 1.165) is 22.3 Å². The predicted octanol–water partition coefficient (Wildman–Crippen LogP) is 3.23. The van der Waals surface area contributed by atoms with E-state index in [1.165, 1.54) is 6.20 Å². The number of amides is 1. The second-order valence-electron chi connectivity index (χ2n) is 7.69. The van der Waals surface area contributed by atoms with Gasteiger partial charge in [-0.05, 0) is 11.6 Å². The zero-order valence-corrected chi connectivity index (χ0v) is 18.2. The van der Waals surface area contributed by atoms with Crippen LogP contribution in [-0.4, -0.2) is 35.3 Å². The van der Waals surface area contributed by atoms with Crippen LogP contribution >= 0.6 is 0 Å². The van der Waals surface area contributed by atoms with Crippen molar-refractivity contribution in [3.8, 4) is 39.7 Å². The number of nitrogens with two attached hydrogens (primary N) is 1. The van der Waals surface area contributed by atoms with Crippen molar-refractivity contribution < 1.29 is 4.79 Å². The van der Waals surface area contributed by atoms with Gasteiger partial charge in [0.2, 0.25) is 5.91 Å². The number of carbonyl (C=O) groups excluding carboxylic acids is 1. The van der Waals surface area contributed by atoms with E-state index in [4.69, 9.17) is 10.7 Å². The summed E-state index contributed by atoms with van der Waals surface area (Å²) in [4.78, 5) is 20.5. The van der Waals surface area contributed by atoms with Gasteiger partial charge in [0.15, 0.2) is 0 Å². The lowest BCUT2D eigenvalue weighted by Gasteiger charge is -2.09. The average molecular weight is 446 g/mol. The number of nitrogens with zero attached hydrogens (tertiary/aromatic N) is 7. The number of primary amides is 1. The molecule has 5 rings (SSSR count). The molecule has 0 aliphatic rings. The van der Waals surface area contributed by atoms with E-state index in [2.05, 4.69) is 27.8 Å². The van der Waals surface area contributed by atoms with Crippen LogP contribution in [0.3, 0.4) is 0 Å². The molecular formula is C25H18N8O. The Bertz CT molecular complexity index is 1600. The molecule has 0 bridgehead atoms. The van der Waals surface area contributed by atoms with E-state index in [0.29, 0.717) is 28.2 Å². The monoisotopic (exact) mass is 446 g/mol. The number of rotatable bonds is 5. The molecule has 0 saturated carbocycles. The maximum absolute atomic E-state index is 11.3. The number of benzene rings is 1. The van der Waals surface area contributed by atoms with Crippen LogP contribution in [0.1, 0.15) is 11.3 Å². The molecule has 5 aromatic rings. The first-order valence-corrected chi connectivity index (χ1v) is 10.3. The van der Waals surface area contributed by atoms with Crippen molar-refractivity contribution in [2.45, 2.75) is 0 Å². The molecule has 0 saturated heterocycles. The Morgan fingerprint density at radius 1 is 0.971 bits per heavy atom. The lowest BCUT2D eigenvalue weighted by Crippen LogP contribution is -2.12. The molecule has 1 aromatic carbocycles. The van der Waals surface area contributed by atoms with Crippen molar-refractivity contribution in [3.05, 3.63) is 85.2 Å². The van der Waals surface area contributed by atoms with Crippen LogP contribution < -0.4 is 5.73 Å². The number of pyridine rings is 1. The Kier molecular flexibility index (Phi) is 4.96. The standard InChI is InChI=1S/C25H18N8O/c1-15(25(27)34)21-8-7-18(10-28-21)16-3-5-17(6-4-16)23-24-19(9-26)11-30-33(24)14-22(31-23)20-12-29-32(2)13-20/h3-8,10-14H,1H2,2H3,(H2,27,34). The summed E-state index contributed by atoms with van der Waals surface area (Å²) in [6, 6.07) is 13.5. The van der Waals surface area contributed by atoms with Gasteiger partial charge in [-0.25, -0.2) is 9.50 Å². The first kappa shape index (κ1) is 20.8. The summed E-state index contributed by atoms with van der Waals surface area (Å²) in [7, 11) is 1.84. The molecule has 9 heteroatoms. The van der Waals surface area contributed by atoms with E-state index < -0.39 is 5.91 Å². The van der Waals surface area contributed by atoms with Crippen LogP contribution in [0.2, 0.25) is 0 Å². The van der Waals surface area contributed by atoms with Gasteiger partial charge in [-0.15, -0.1) is 0 Å². The summed E-state index contributed by atoms with van der Waals surface area (Å²) in [5, 5.41) is 18.2. The molecule has 34 heavy (non-hydrogen) atoms. The molecule has 9 nitrogen and oxygen atoms in total.